The van der Waals surface area contributed by atoms with Crippen LogP contribution >= 0.6 is 0 Å². The van der Waals surface area contributed by atoms with Crippen molar-refractivity contribution in [3.63, 3.8) is 0 Å². The molecule has 196 valence electrons. The third-order valence-electron chi connectivity index (χ3n) is 5.82. The number of ether oxygens (including phenoxy) is 1. The minimum absolute atomic E-state index is 0.235. The lowest BCUT2D eigenvalue weighted by Crippen LogP contribution is -2.37. The number of aliphatic imine (C=N–C) groups is 2. The fourth-order valence-corrected chi connectivity index (χ4v) is 3.59. The van der Waals surface area contributed by atoms with E-state index in [2.05, 4.69) is 36.2 Å². The second-order valence-electron chi connectivity index (χ2n) is 9.62. The maximum Gasteiger partial charge on any atom is 0.347 e. The van der Waals surface area contributed by atoms with Crippen molar-refractivity contribution < 1.29 is 19.7 Å². The number of hydrogen-bond acceptors (Lipinski definition) is 4. The average molecular weight is 496 g/mol. The molecule has 0 saturated heterocycles. The van der Waals surface area contributed by atoms with Gasteiger partial charge in [-0.25, -0.2) is 9.79 Å². The Hall–Kier alpha value is -3.19. The Morgan fingerprint density at radius 3 is 2.22 bits per heavy atom. The third-order valence-corrected chi connectivity index (χ3v) is 5.82. The molecular weight excluding hydrogens is 454 g/mol. The lowest BCUT2D eigenvalue weighted by molar-refractivity contribution is -0.152. The molecule has 7 nitrogen and oxygen atoms in total. The zero-order valence-electron chi connectivity index (χ0n) is 21.9. The second kappa shape index (κ2) is 15.0. The lowest BCUT2D eigenvalue weighted by Gasteiger charge is -2.21. The number of rotatable bonds is 15. The van der Waals surface area contributed by atoms with E-state index < -0.39 is 11.6 Å². The van der Waals surface area contributed by atoms with Gasteiger partial charge in [0.05, 0.1) is 0 Å². The molecule has 36 heavy (non-hydrogen) atoms. The Kier molecular flexibility index (Phi) is 12.1. The Bertz CT molecular complexity index is 996. The monoisotopic (exact) mass is 495 g/mol. The molecular formula is C29H41N3O4. The topological polar surface area (TPSA) is 118 Å². The van der Waals surface area contributed by atoms with Crippen LogP contribution in [0.2, 0.25) is 0 Å². The molecule has 0 bridgehead atoms. The van der Waals surface area contributed by atoms with Gasteiger partial charge in [-0.15, -0.1) is 0 Å². The van der Waals surface area contributed by atoms with Gasteiger partial charge in [-0.05, 0) is 69.7 Å². The third kappa shape index (κ3) is 11.0. The van der Waals surface area contributed by atoms with E-state index in [1.165, 1.54) is 19.4 Å². The predicted octanol–water partition coefficient (Wildman–Crippen LogP) is 5.11. The number of aliphatic hydroxyl groups excluding tert-OH is 1. The summed E-state index contributed by atoms with van der Waals surface area (Å²) >= 11 is 0. The van der Waals surface area contributed by atoms with Gasteiger partial charge in [-0.2, -0.15) is 0 Å². The maximum absolute atomic E-state index is 11.3. The number of unbranched alkanes of at least 4 members (excludes halogenated alkanes) is 3. The molecule has 7 heteroatoms. The van der Waals surface area contributed by atoms with E-state index in [9.17, 15) is 9.90 Å². The quantitative estimate of drug-likeness (QED) is 0.180. The summed E-state index contributed by atoms with van der Waals surface area (Å²) in [6, 6.07) is 15.8. The summed E-state index contributed by atoms with van der Waals surface area (Å²) in [6.45, 7) is 6.06. The fraction of sp³-hybridized carbons (Fsp3) is 0.483. The number of carboxylic acids is 1. The second-order valence-corrected chi connectivity index (χ2v) is 9.62. The smallest absolute Gasteiger partial charge is 0.347 e. The van der Waals surface area contributed by atoms with E-state index in [4.69, 9.17) is 20.6 Å². The molecule has 2 aromatic rings. The lowest BCUT2D eigenvalue weighted by atomic mass is 10.1. The number of nitrogens with two attached hydrogens (primary N) is 1. The zero-order chi connectivity index (χ0) is 26.4. The molecule has 0 radical (unpaired) electrons. The van der Waals surface area contributed by atoms with Crippen LogP contribution in [0.4, 0.5) is 0 Å². The molecule has 4 N–H and O–H groups in total. The molecule has 0 aromatic heterocycles. The molecule has 0 amide bonds. The van der Waals surface area contributed by atoms with E-state index in [1.54, 1.807) is 12.1 Å². The van der Waals surface area contributed by atoms with Gasteiger partial charge in [0, 0.05) is 26.0 Å². The van der Waals surface area contributed by atoms with Crippen molar-refractivity contribution in [1.82, 2.24) is 0 Å². The van der Waals surface area contributed by atoms with E-state index in [0.29, 0.717) is 24.6 Å². The predicted molar refractivity (Wildman–Crippen MR) is 146 cm³/mol. The summed E-state index contributed by atoms with van der Waals surface area (Å²) in [6.07, 6.45) is 6.84. The Labute approximate surface area is 215 Å². The summed E-state index contributed by atoms with van der Waals surface area (Å²) in [4.78, 5) is 20.7. The first-order chi connectivity index (χ1) is 17.2. The molecule has 0 saturated carbocycles. The number of aliphatic carboxylic acids is 1. The van der Waals surface area contributed by atoms with Gasteiger partial charge < -0.3 is 20.7 Å². The zero-order valence-corrected chi connectivity index (χ0v) is 21.9. The molecule has 2 rings (SSSR count). The summed E-state index contributed by atoms with van der Waals surface area (Å²) < 4.78 is 5.58. The molecule has 2 aromatic carbocycles. The van der Waals surface area contributed by atoms with Crippen LogP contribution in [0.1, 0.15) is 69.1 Å². The van der Waals surface area contributed by atoms with Crippen LogP contribution in [-0.4, -0.2) is 46.6 Å². The van der Waals surface area contributed by atoms with E-state index in [-0.39, 0.29) is 6.61 Å². The van der Waals surface area contributed by atoms with Crippen LogP contribution in [0.5, 0.6) is 5.75 Å². The Balaban J connectivity index is 1.96. The van der Waals surface area contributed by atoms with Gasteiger partial charge in [-0.1, -0.05) is 54.8 Å². The van der Waals surface area contributed by atoms with Gasteiger partial charge in [0.15, 0.2) is 5.60 Å². The molecule has 0 spiro atoms. The number of amidine groups is 2. The van der Waals surface area contributed by atoms with Crippen molar-refractivity contribution in [3.05, 3.63) is 65.2 Å². The van der Waals surface area contributed by atoms with E-state index in [0.717, 1.165) is 61.9 Å². The van der Waals surface area contributed by atoms with Gasteiger partial charge >= 0.3 is 5.97 Å². The molecule has 0 unspecified atom stereocenters. The molecule has 0 aliphatic heterocycles. The van der Waals surface area contributed by atoms with Crippen molar-refractivity contribution in [2.75, 3.05) is 13.2 Å². The van der Waals surface area contributed by atoms with Crippen LogP contribution < -0.4 is 10.5 Å². The van der Waals surface area contributed by atoms with Crippen LogP contribution in [0.3, 0.4) is 0 Å². The van der Waals surface area contributed by atoms with Crippen LogP contribution in [0.25, 0.3) is 0 Å². The first-order valence-electron chi connectivity index (χ1n) is 12.7. The number of nitrogens with zero attached hydrogens (tertiary/aromatic N) is 2. The van der Waals surface area contributed by atoms with Gasteiger partial charge in [0.25, 0.3) is 0 Å². The summed E-state index contributed by atoms with van der Waals surface area (Å²) in [5.41, 5.74) is 8.46. The van der Waals surface area contributed by atoms with Crippen molar-refractivity contribution in [2.24, 2.45) is 15.7 Å². The summed E-state index contributed by atoms with van der Waals surface area (Å²) in [5, 5.41) is 18.2. The van der Waals surface area contributed by atoms with Gasteiger partial charge in [-0.3, -0.25) is 4.99 Å². The molecule has 0 atom stereocenters. The standard InChI is InChI=1S/C29H41N3O4/c1-22-11-13-24(14-12-22)21-26(30)32-27(31-19-6-4-5-7-20-33)10-8-9-23-15-17-25(18-16-23)36-29(2,3)28(34)35/h11-18,33H,4-10,19-21H2,1-3H3,(H,34,35)(H2,30,31,32). The molecule has 0 aliphatic carbocycles. The highest BCUT2D eigenvalue weighted by molar-refractivity contribution is 5.97. The normalized spacial score (nSPS) is 12.6. The highest BCUT2D eigenvalue weighted by Crippen LogP contribution is 2.20. The van der Waals surface area contributed by atoms with E-state index in [1.807, 2.05) is 12.1 Å². The fourth-order valence-electron chi connectivity index (χ4n) is 3.59. The molecule has 0 heterocycles. The van der Waals surface area contributed by atoms with Crippen molar-refractivity contribution >= 4 is 17.6 Å². The number of benzene rings is 2. The molecule has 0 fully saturated rings. The van der Waals surface area contributed by atoms with Gasteiger partial charge in [0.1, 0.15) is 17.4 Å². The minimum atomic E-state index is -1.28. The van der Waals surface area contributed by atoms with Crippen LogP contribution in [0.15, 0.2) is 58.5 Å². The largest absolute Gasteiger partial charge is 0.478 e. The van der Waals surface area contributed by atoms with Crippen LogP contribution in [-0.2, 0) is 17.6 Å². The highest BCUT2D eigenvalue weighted by Gasteiger charge is 2.29. The van der Waals surface area contributed by atoms with Gasteiger partial charge in [0.2, 0.25) is 0 Å². The highest BCUT2D eigenvalue weighted by atomic mass is 16.5. The number of aryl methyl sites for hydroxylation is 2. The summed E-state index contributed by atoms with van der Waals surface area (Å²) in [7, 11) is 0. The number of aliphatic hydroxyl groups is 1. The Morgan fingerprint density at radius 1 is 0.944 bits per heavy atom. The SMILES string of the molecule is Cc1ccc(CC(N)=NC(CCCc2ccc(OC(C)(C)C(=O)O)cc2)=NCCCCCCO)cc1. The Morgan fingerprint density at radius 2 is 1.58 bits per heavy atom. The number of hydrogen-bond donors (Lipinski definition) is 3. The average Bonchev–Trinajstić information content (AvgIpc) is 2.83. The van der Waals surface area contributed by atoms with E-state index >= 15 is 0 Å². The van der Waals surface area contributed by atoms with Crippen molar-refractivity contribution in [3.8, 4) is 5.75 Å². The molecule has 0 aliphatic rings. The van der Waals surface area contributed by atoms with Crippen LogP contribution in [0, 0.1) is 6.92 Å². The maximum atomic E-state index is 11.3. The first-order valence-corrected chi connectivity index (χ1v) is 12.7. The summed E-state index contributed by atoms with van der Waals surface area (Å²) in [5.74, 6) is 0.849. The minimum Gasteiger partial charge on any atom is -0.478 e. The first kappa shape index (κ1) is 29.0. The van der Waals surface area contributed by atoms with Crippen molar-refractivity contribution in [2.45, 2.75) is 77.7 Å². The van der Waals surface area contributed by atoms with Crippen molar-refractivity contribution in [1.29, 1.82) is 0 Å². The number of carbonyl (C=O) groups is 1. The number of carboxylic acid groups (broad SMARTS) is 1.